The van der Waals surface area contributed by atoms with Gasteiger partial charge in [-0.15, -0.1) is 0 Å². The molecule has 1 saturated heterocycles. The molecule has 2 aromatic rings. The van der Waals surface area contributed by atoms with E-state index in [2.05, 4.69) is 0 Å². The number of nitrogens with zero attached hydrogens (tertiary/aromatic N) is 1. The fourth-order valence-corrected chi connectivity index (χ4v) is 4.26. The van der Waals surface area contributed by atoms with Gasteiger partial charge in [0.2, 0.25) is 5.91 Å². The summed E-state index contributed by atoms with van der Waals surface area (Å²) in [6, 6.07) is 7.79. The lowest BCUT2D eigenvalue weighted by Gasteiger charge is -2.46. The van der Waals surface area contributed by atoms with Gasteiger partial charge >= 0.3 is 11.6 Å². The summed E-state index contributed by atoms with van der Waals surface area (Å²) < 4.78 is 10.8. The van der Waals surface area contributed by atoms with Gasteiger partial charge < -0.3 is 24.3 Å². The number of amides is 1. The van der Waals surface area contributed by atoms with Crippen molar-refractivity contribution >= 4 is 22.8 Å². The normalized spacial score (nSPS) is 24.3. The van der Waals surface area contributed by atoms with E-state index in [1.165, 1.54) is 11.0 Å². The molecule has 4 atom stereocenters. The lowest BCUT2D eigenvalue weighted by atomic mass is 9.78. The number of rotatable bonds is 6. The SMILES string of the molecule is CC(O)C1C(=O)N2C(C(=O)O)=C(/C=C/COc3ccc4ccc(=O)oc4c3)C(C)C12. The first-order valence-corrected chi connectivity index (χ1v) is 9.61. The number of aliphatic hydroxyl groups is 1. The van der Waals surface area contributed by atoms with Gasteiger partial charge in [0, 0.05) is 23.4 Å². The molecule has 2 aliphatic heterocycles. The van der Waals surface area contributed by atoms with Crippen molar-refractivity contribution in [2.24, 2.45) is 11.8 Å². The molecule has 0 spiro atoms. The van der Waals surface area contributed by atoms with Crippen molar-refractivity contribution in [2.45, 2.75) is 26.0 Å². The highest BCUT2D eigenvalue weighted by molar-refractivity contribution is 6.00. The van der Waals surface area contributed by atoms with E-state index in [0.29, 0.717) is 16.9 Å². The Bertz CT molecular complexity index is 1140. The fourth-order valence-electron chi connectivity index (χ4n) is 4.26. The number of hydrogen-bond acceptors (Lipinski definition) is 6. The van der Waals surface area contributed by atoms with E-state index in [0.717, 1.165) is 5.39 Å². The van der Waals surface area contributed by atoms with Crippen LogP contribution in [-0.2, 0) is 9.59 Å². The molecule has 2 aliphatic rings. The van der Waals surface area contributed by atoms with Gasteiger partial charge in [-0.2, -0.15) is 0 Å². The van der Waals surface area contributed by atoms with Crippen LogP contribution in [0.1, 0.15) is 13.8 Å². The first kappa shape index (κ1) is 19.9. The molecule has 0 aliphatic carbocycles. The summed E-state index contributed by atoms with van der Waals surface area (Å²) in [7, 11) is 0. The maximum atomic E-state index is 12.3. The van der Waals surface area contributed by atoms with Gasteiger partial charge in [0.1, 0.15) is 23.6 Å². The summed E-state index contributed by atoms with van der Waals surface area (Å²) in [4.78, 5) is 36.7. The van der Waals surface area contributed by atoms with Crippen LogP contribution in [0, 0.1) is 11.8 Å². The Morgan fingerprint density at radius 1 is 1.30 bits per heavy atom. The van der Waals surface area contributed by atoms with Crippen LogP contribution in [0.5, 0.6) is 5.75 Å². The van der Waals surface area contributed by atoms with Gasteiger partial charge in [-0.3, -0.25) is 4.79 Å². The number of allylic oxidation sites excluding steroid dienone is 1. The molecule has 0 radical (unpaired) electrons. The van der Waals surface area contributed by atoms with Crippen LogP contribution in [0.2, 0.25) is 0 Å². The molecule has 0 saturated carbocycles. The largest absolute Gasteiger partial charge is 0.489 e. The Morgan fingerprint density at radius 3 is 2.73 bits per heavy atom. The summed E-state index contributed by atoms with van der Waals surface area (Å²) in [5, 5.41) is 20.3. The van der Waals surface area contributed by atoms with Gasteiger partial charge in [0.25, 0.3) is 0 Å². The number of carboxylic acids is 1. The van der Waals surface area contributed by atoms with E-state index in [-0.39, 0.29) is 30.2 Å². The lowest BCUT2D eigenvalue weighted by Crippen LogP contribution is -2.63. The van der Waals surface area contributed by atoms with Crippen LogP contribution in [0.3, 0.4) is 0 Å². The van der Waals surface area contributed by atoms with Crippen molar-refractivity contribution in [1.82, 2.24) is 4.90 Å². The number of aliphatic carboxylic acids is 1. The molecule has 1 aromatic heterocycles. The highest BCUT2D eigenvalue weighted by atomic mass is 16.5. The number of ether oxygens (including phenoxy) is 1. The monoisotopic (exact) mass is 411 g/mol. The number of hydrogen-bond donors (Lipinski definition) is 2. The molecule has 2 N–H and O–H groups in total. The Hall–Kier alpha value is -3.39. The van der Waals surface area contributed by atoms with E-state index >= 15 is 0 Å². The molecular weight excluding hydrogens is 390 g/mol. The molecule has 30 heavy (non-hydrogen) atoms. The standard InChI is InChI=1S/C22H21NO7/c1-11-15(20(22(27)28)23-19(11)18(12(2)24)21(23)26)4-3-9-29-14-7-5-13-6-8-17(25)30-16(13)10-14/h3-8,10-12,18-19,24H,9H2,1-2H3,(H,27,28)/b4-3+. The van der Waals surface area contributed by atoms with Gasteiger partial charge in [-0.05, 0) is 36.8 Å². The van der Waals surface area contributed by atoms with Crippen LogP contribution >= 0.6 is 0 Å². The quantitative estimate of drug-likeness (QED) is 0.551. The lowest BCUT2D eigenvalue weighted by molar-refractivity contribution is -0.163. The zero-order valence-corrected chi connectivity index (χ0v) is 16.4. The minimum atomic E-state index is -1.17. The Labute approximate surface area is 171 Å². The van der Waals surface area contributed by atoms with E-state index in [9.17, 15) is 24.6 Å². The van der Waals surface area contributed by atoms with E-state index < -0.39 is 23.6 Å². The number of fused-ring (bicyclic) bond motifs is 2. The molecule has 8 heteroatoms. The first-order chi connectivity index (χ1) is 14.3. The molecule has 4 unspecified atom stereocenters. The maximum absolute atomic E-state index is 12.3. The molecule has 156 valence electrons. The van der Waals surface area contributed by atoms with Crippen molar-refractivity contribution in [3.63, 3.8) is 0 Å². The van der Waals surface area contributed by atoms with Crippen molar-refractivity contribution < 1.29 is 29.0 Å². The zero-order chi connectivity index (χ0) is 21.6. The molecule has 1 aromatic carbocycles. The second-order valence-electron chi connectivity index (χ2n) is 7.53. The molecular formula is C22H21NO7. The average Bonchev–Trinajstić information content (AvgIpc) is 2.93. The fraction of sp³-hybridized carbons (Fsp3) is 0.318. The minimum Gasteiger partial charge on any atom is -0.489 e. The first-order valence-electron chi connectivity index (χ1n) is 9.61. The second kappa shape index (κ2) is 7.46. The summed E-state index contributed by atoms with van der Waals surface area (Å²) in [5.74, 6) is -1.85. The van der Waals surface area contributed by atoms with E-state index in [1.807, 2.05) is 6.92 Å². The number of benzene rings is 1. The summed E-state index contributed by atoms with van der Waals surface area (Å²) >= 11 is 0. The van der Waals surface area contributed by atoms with Gasteiger partial charge in [0.05, 0.1) is 18.1 Å². The van der Waals surface area contributed by atoms with Crippen molar-refractivity contribution in [1.29, 1.82) is 0 Å². The van der Waals surface area contributed by atoms with Crippen LogP contribution in [0.25, 0.3) is 11.0 Å². The van der Waals surface area contributed by atoms with E-state index in [1.54, 1.807) is 43.3 Å². The predicted molar refractivity (Wildman–Crippen MR) is 107 cm³/mol. The van der Waals surface area contributed by atoms with Crippen molar-refractivity contribution in [2.75, 3.05) is 6.61 Å². The summed E-state index contributed by atoms with van der Waals surface area (Å²) in [5.41, 5.74) is 0.448. The number of carboxylic acid groups (broad SMARTS) is 1. The molecule has 1 amide bonds. The number of carbonyl (C=O) groups excluding carboxylic acids is 1. The van der Waals surface area contributed by atoms with E-state index in [4.69, 9.17) is 9.15 Å². The van der Waals surface area contributed by atoms with Crippen molar-refractivity contribution in [3.05, 3.63) is 64.2 Å². The third-order valence-corrected chi connectivity index (χ3v) is 5.67. The molecule has 0 bridgehead atoms. The Balaban J connectivity index is 1.50. The van der Waals surface area contributed by atoms with Gasteiger partial charge in [-0.25, -0.2) is 9.59 Å². The Morgan fingerprint density at radius 2 is 2.03 bits per heavy atom. The smallest absolute Gasteiger partial charge is 0.352 e. The van der Waals surface area contributed by atoms with Gasteiger partial charge in [0.15, 0.2) is 0 Å². The highest BCUT2D eigenvalue weighted by Gasteiger charge is 2.59. The summed E-state index contributed by atoms with van der Waals surface area (Å²) in [6.07, 6.45) is 2.49. The second-order valence-corrected chi connectivity index (χ2v) is 7.53. The highest BCUT2D eigenvalue weighted by Crippen LogP contribution is 2.47. The number of aliphatic hydroxyl groups excluding tert-OH is 1. The topological polar surface area (TPSA) is 117 Å². The predicted octanol–water partition coefficient (Wildman–Crippen LogP) is 1.92. The van der Waals surface area contributed by atoms with Gasteiger partial charge in [-0.1, -0.05) is 13.0 Å². The molecule has 3 heterocycles. The van der Waals surface area contributed by atoms with Crippen molar-refractivity contribution in [3.8, 4) is 5.75 Å². The zero-order valence-electron chi connectivity index (χ0n) is 16.4. The number of carbonyl (C=O) groups is 2. The molecule has 4 rings (SSSR count). The van der Waals surface area contributed by atoms with Crippen LogP contribution in [0.4, 0.5) is 0 Å². The molecule has 1 fully saturated rings. The third kappa shape index (κ3) is 3.19. The average molecular weight is 411 g/mol. The Kier molecular flexibility index (Phi) is 4.95. The maximum Gasteiger partial charge on any atom is 0.352 e. The van der Waals surface area contributed by atoms with Crippen LogP contribution in [0.15, 0.2) is 63.0 Å². The third-order valence-electron chi connectivity index (χ3n) is 5.67. The minimum absolute atomic E-state index is 0.0434. The summed E-state index contributed by atoms with van der Waals surface area (Å²) in [6.45, 7) is 3.55. The molecule has 8 nitrogen and oxygen atoms in total. The number of β-lactam (4-membered cyclic amide) rings is 1. The van der Waals surface area contributed by atoms with Crippen LogP contribution < -0.4 is 10.4 Å². The van der Waals surface area contributed by atoms with Crippen LogP contribution in [-0.4, -0.2) is 45.7 Å².